The molecule has 4 aromatic rings. The van der Waals surface area contributed by atoms with E-state index in [1.54, 1.807) is 18.3 Å². The summed E-state index contributed by atoms with van der Waals surface area (Å²) in [6.07, 6.45) is 4.68. The van der Waals surface area contributed by atoms with Crippen molar-refractivity contribution in [3.8, 4) is 28.6 Å². The van der Waals surface area contributed by atoms with Crippen molar-refractivity contribution in [3.63, 3.8) is 0 Å². The predicted molar refractivity (Wildman–Crippen MR) is 119 cm³/mol. The van der Waals surface area contributed by atoms with E-state index in [1.807, 2.05) is 49.7 Å². The summed E-state index contributed by atoms with van der Waals surface area (Å²) >= 11 is 6.34. The minimum Gasteiger partial charge on any atom is -0.489 e. The van der Waals surface area contributed by atoms with E-state index in [0.29, 0.717) is 41.9 Å². The van der Waals surface area contributed by atoms with Crippen LogP contribution in [0.3, 0.4) is 0 Å². The number of Topliss-reactive ketones (excluding diaryl/α,β-unsaturated/α-hetero) is 1. The Balaban J connectivity index is 1.63. The fourth-order valence-electron chi connectivity index (χ4n) is 3.32. The first kappa shape index (κ1) is 21.1. The first-order chi connectivity index (χ1) is 15.0. The molecule has 0 amide bonds. The number of aryl methyl sites for hydroxylation is 1. The van der Waals surface area contributed by atoms with Crippen molar-refractivity contribution >= 4 is 28.4 Å². The van der Waals surface area contributed by atoms with Crippen LogP contribution in [-0.2, 0) is 11.3 Å². The molecule has 4 rings (SSSR count). The maximum absolute atomic E-state index is 11.7. The van der Waals surface area contributed by atoms with E-state index >= 15 is 0 Å². The summed E-state index contributed by atoms with van der Waals surface area (Å²) in [5.74, 6) is 1.67. The van der Waals surface area contributed by atoms with E-state index < -0.39 is 0 Å². The van der Waals surface area contributed by atoms with Gasteiger partial charge >= 0.3 is 0 Å². The van der Waals surface area contributed by atoms with E-state index in [-0.39, 0.29) is 11.9 Å². The molecule has 0 unspecified atom stereocenters. The molecular weight excluding hydrogens is 416 g/mol. The van der Waals surface area contributed by atoms with Crippen molar-refractivity contribution in [2.24, 2.45) is 0 Å². The summed E-state index contributed by atoms with van der Waals surface area (Å²) in [6, 6.07) is 9.20. The normalized spacial score (nSPS) is 11.4. The topological polar surface area (TPSA) is 83.0 Å². The molecule has 160 valence electrons. The predicted octanol–water partition coefficient (Wildman–Crippen LogP) is 5.56. The number of ether oxygens (including phenoxy) is 1. The molecule has 7 nitrogen and oxygen atoms in total. The highest BCUT2D eigenvalue weighted by Crippen LogP contribution is 2.32. The summed E-state index contributed by atoms with van der Waals surface area (Å²) in [5, 5.41) is 5.50. The molecule has 31 heavy (non-hydrogen) atoms. The number of hydrogen-bond donors (Lipinski definition) is 0. The van der Waals surface area contributed by atoms with Crippen LogP contribution >= 0.6 is 11.6 Å². The van der Waals surface area contributed by atoms with Gasteiger partial charge in [0, 0.05) is 42.7 Å². The van der Waals surface area contributed by atoms with Crippen LogP contribution in [0.4, 0.5) is 0 Å². The lowest BCUT2D eigenvalue weighted by Gasteiger charge is -2.11. The van der Waals surface area contributed by atoms with Crippen molar-refractivity contribution in [2.75, 3.05) is 0 Å². The van der Waals surface area contributed by atoms with E-state index in [9.17, 15) is 4.79 Å². The molecule has 0 aliphatic heterocycles. The fourth-order valence-corrected chi connectivity index (χ4v) is 3.54. The van der Waals surface area contributed by atoms with Gasteiger partial charge in [-0.15, -0.1) is 0 Å². The van der Waals surface area contributed by atoms with Gasteiger partial charge in [0.15, 0.2) is 0 Å². The highest BCUT2D eigenvalue weighted by Gasteiger charge is 2.17. The smallest absolute Gasteiger partial charge is 0.259 e. The van der Waals surface area contributed by atoms with Crippen LogP contribution in [0, 0.1) is 0 Å². The molecule has 0 radical (unpaired) electrons. The number of nitrogens with zero attached hydrogens (tertiary/aromatic N) is 4. The molecule has 8 heteroatoms. The Hall–Kier alpha value is -3.19. The molecule has 0 fully saturated rings. The number of carbonyl (C=O) groups is 1. The lowest BCUT2D eigenvalue weighted by Crippen LogP contribution is -2.05. The Morgan fingerprint density at radius 3 is 2.84 bits per heavy atom. The van der Waals surface area contributed by atoms with Crippen LogP contribution in [0.2, 0.25) is 5.02 Å². The zero-order valence-electron chi connectivity index (χ0n) is 17.6. The van der Waals surface area contributed by atoms with Crippen LogP contribution < -0.4 is 4.74 Å². The standard InChI is InChI=1S/C23H23ClN4O3/c1-4-16(29)8-11-28-12-9-17-18(7-10-25-22(17)28)23-26-21(27-31-23)15-5-6-20(19(24)13-15)30-14(2)3/h5-7,9-10,12-14H,4,8,11H2,1-3H3. The van der Waals surface area contributed by atoms with Crippen molar-refractivity contribution in [3.05, 3.63) is 47.7 Å². The second kappa shape index (κ2) is 8.89. The van der Waals surface area contributed by atoms with Crippen molar-refractivity contribution in [1.29, 1.82) is 0 Å². The summed E-state index contributed by atoms with van der Waals surface area (Å²) in [4.78, 5) is 20.7. The number of halogens is 1. The minimum absolute atomic E-state index is 0.0293. The van der Waals surface area contributed by atoms with Crippen LogP contribution in [0.1, 0.15) is 33.6 Å². The SMILES string of the molecule is CCC(=O)CCn1ccc2c(-c3nc(-c4ccc(OC(C)C)c(Cl)c4)no3)ccnc21. The monoisotopic (exact) mass is 438 g/mol. The average molecular weight is 439 g/mol. The van der Waals surface area contributed by atoms with E-state index in [4.69, 9.17) is 20.9 Å². The van der Waals surface area contributed by atoms with Gasteiger partial charge in [0.2, 0.25) is 5.82 Å². The number of rotatable bonds is 8. The van der Waals surface area contributed by atoms with Gasteiger partial charge in [-0.05, 0) is 44.2 Å². The molecule has 1 aromatic carbocycles. The molecule has 0 bridgehead atoms. The zero-order chi connectivity index (χ0) is 22.0. The van der Waals surface area contributed by atoms with Gasteiger partial charge in [-0.3, -0.25) is 4.79 Å². The third kappa shape index (κ3) is 4.46. The quantitative estimate of drug-likeness (QED) is 0.358. The lowest BCUT2D eigenvalue weighted by molar-refractivity contribution is -0.118. The number of benzene rings is 1. The van der Waals surface area contributed by atoms with Gasteiger partial charge in [0.1, 0.15) is 17.2 Å². The van der Waals surface area contributed by atoms with Gasteiger partial charge in [0.05, 0.1) is 16.7 Å². The number of pyridine rings is 1. The van der Waals surface area contributed by atoms with Crippen molar-refractivity contribution in [1.82, 2.24) is 19.7 Å². The molecule has 3 heterocycles. The Kier molecular flexibility index (Phi) is 6.04. The van der Waals surface area contributed by atoms with Crippen molar-refractivity contribution < 1.29 is 14.1 Å². The first-order valence-corrected chi connectivity index (χ1v) is 10.6. The van der Waals surface area contributed by atoms with Crippen LogP contribution in [0.15, 0.2) is 47.2 Å². The third-order valence-corrected chi connectivity index (χ3v) is 5.19. The summed E-state index contributed by atoms with van der Waals surface area (Å²) in [7, 11) is 0. The van der Waals surface area contributed by atoms with Crippen LogP contribution in [-0.4, -0.2) is 31.6 Å². The minimum atomic E-state index is 0.0293. The molecule has 0 aliphatic rings. The second-order valence-electron chi connectivity index (χ2n) is 7.48. The Labute approximate surface area is 185 Å². The van der Waals surface area contributed by atoms with Gasteiger partial charge in [0.25, 0.3) is 5.89 Å². The summed E-state index contributed by atoms with van der Waals surface area (Å²) < 4.78 is 13.2. The molecule has 0 saturated heterocycles. The Bertz CT molecular complexity index is 1230. The molecule has 0 atom stereocenters. The molecule has 0 saturated carbocycles. The van der Waals surface area contributed by atoms with Gasteiger partial charge in [-0.1, -0.05) is 23.7 Å². The molecule has 0 N–H and O–H groups in total. The van der Waals surface area contributed by atoms with E-state index in [1.165, 1.54) is 0 Å². The molecule has 3 aromatic heterocycles. The third-order valence-electron chi connectivity index (χ3n) is 4.90. The average Bonchev–Trinajstić information content (AvgIpc) is 3.40. The largest absolute Gasteiger partial charge is 0.489 e. The summed E-state index contributed by atoms with van der Waals surface area (Å²) in [5.41, 5.74) is 2.30. The van der Waals surface area contributed by atoms with E-state index in [0.717, 1.165) is 22.2 Å². The number of ketones is 1. The second-order valence-corrected chi connectivity index (χ2v) is 7.89. The Morgan fingerprint density at radius 1 is 1.26 bits per heavy atom. The lowest BCUT2D eigenvalue weighted by atomic mass is 10.2. The maximum atomic E-state index is 11.7. The molecule has 0 spiro atoms. The van der Waals surface area contributed by atoms with Crippen LogP contribution in [0.25, 0.3) is 33.9 Å². The van der Waals surface area contributed by atoms with Gasteiger partial charge in [-0.25, -0.2) is 4.98 Å². The fraction of sp³-hybridized carbons (Fsp3) is 0.304. The van der Waals surface area contributed by atoms with Crippen molar-refractivity contribution in [2.45, 2.75) is 46.3 Å². The van der Waals surface area contributed by atoms with E-state index in [2.05, 4.69) is 15.1 Å². The highest BCUT2D eigenvalue weighted by molar-refractivity contribution is 6.32. The highest BCUT2D eigenvalue weighted by atomic mass is 35.5. The summed E-state index contributed by atoms with van der Waals surface area (Å²) in [6.45, 7) is 6.35. The first-order valence-electron chi connectivity index (χ1n) is 10.2. The number of fused-ring (bicyclic) bond motifs is 1. The maximum Gasteiger partial charge on any atom is 0.259 e. The van der Waals surface area contributed by atoms with Gasteiger partial charge in [-0.2, -0.15) is 4.98 Å². The Morgan fingerprint density at radius 2 is 2.10 bits per heavy atom. The number of hydrogen-bond acceptors (Lipinski definition) is 6. The molecular formula is C23H23ClN4O3. The number of carbonyl (C=O) groups excluding carboxylic acids is 1. The van der Waals surface area contributed by atoms with Gasteiger partial charge < -0.3 is 13.8 Å². The molecule has 0 aliphatic carbocycles. The zero-order valence-corrected chi connectivity index (χ0v) is 18.4. The number of aromatic nitrogens is 4. The van der Waals surface area contributed by atoms with Crippen LogP contribution in [0.5, 0.6) is 5.75 Å².